The van der Waals surface area contributed by atoms with Crippen molar-refractivity contribution in [1.29, 1.82) is 0 Å². The summed E-state index contributed by atoms with van der Waals surface area (Å²) in [7, 11) is 4.45. The summed E-state index contributed by atoms with van der Waals surface area (Å²) in [5.74, 6) is -0.393. The van der Waals surface area contributed by atoms with Crippen LogP contribution in [0.4, 0.5) is 4.39 Å². The monoisotopic (exact) mass is 237 g/mol. The summed E-state index contributed by atoms with van der Waals surface area (Å²) >= 11 is 0. The second kappa shape index (κ2) is 4.08. The topological polar surface area (TPSA) is 40.5 Å². The molecule has 0 atom stereocenters. The van der Waals surface area contributed by atoms with Crippen molar-refractivity contribution in [2.45, 2.75) is 0 Å². The molecule has 0 bridgehead atoms. The minimum absolute atomic E-state index is 0.283. The van der Waals surface area contributed by atoms with Gasteiger partial charge in [-0.1, -0.05) is 0 Å². The second-order valence-corrected chi connectivity index (χ2v) is 3.59. The predicted octanol–water partition coefficient (Wildman–Crippen LogP) is 2.11. The molecule has 0 saturated heterocycles. The van der Waals surface area contributed by atoms with Crippen LogP contribution in [0, 0.1) is 5.82 Å². The highest BCUT2D eigenvalue weighted by molar-refractivity contribution is 5.97. The number of hydrogen-bond donors (Lipinski definition) is 0. The number of aromatic nitrogens is 1. The molecule has 0 aliphatic carbocycles. The Bertz CT molecular complexity index is 589. The molecule has 2 aromatic rings. The van der Waals surface area contributed by atoms with Crippen molar-refractivity contribution in [2.24, 2.45) is 7.05 Å². The molecule has 0 unspecified atom stereocenters. The van der Waals surface area contributed by atoms with Gasteiger partial charge in [0.15, 0.2) is 0 Å². The molecule has 0 saturated carbocycles. The SMILES string of the molecule is COC(=O)c1cc2c(F)ccc(OC)c2n1C. The van der Waals surface area contributed by atoms with E-state index in [2.05, 4.69) is 4.74 Å². The Balaban J connectivity index is 2.81. The quantitative estimate of drug-likeness (QED) is 0.751. The summed E-state index contributed by atoms with van der Waals surface area (Å²) in [6, 6.07) is 4.29. The Morgan fingerprint density at radius 3 is 2.65 bits per heavy atom. The van der Waals surface area contributed by atoms with Crippen LogP contribution in [0.2, 0.25) is 0 Å². The zero-order chi connectivity index (χ0) is 12.6. The predicted molar refractivity (Wildman–Crippen MR) is 60.8 cm³/mol. The molecule has 0 aliphatic rings. The van der Waals surface area contributed by atoms with Crippen molar-refractivity contribution >= 4 is 16.9 Å². The minimum Gasteiger partial charge on any atom is -0.495 e. The van der Waals surface area contributed by atoms with Crippen LogP contribution in [-0.4, -0.2) is 24.8 Å². The lowest BCUT2D eigenvalue weighted by atomic mass is 10.2. The zero-order valence-electron chi connectivity index (χ0n) is 9.78. The molecule has 0 fully saturated rings. The molecule has 0 aliphatic heterocycles. The molecule has 1 aromatic carbocycles. The molecule has 0 N–H and O–H groups in total. The Morgan fingerprint density at radius 2 is 2.06 bits per heavy atom. The average molecular weight is 237 g/mol. The first-order valence-electron chi connectivity index (χ1n) is 5.00. The molecule has 1 heterocycles. The standard InChI is InChI=1S/C12H12FNO3/c1-14-9(12(15)17-3)6-7-8(13)4-5-10(16-2)11(7)14/h4-6H,1-3H3. The fourth-order valence-corrected chi connectivity index (χ4v) is 1.87. The summed E-state index contributed by atoms with van der Waals surface area (Å²) < 4.78 is 25.0. The van der Waals surface area contributed by atoms with Crippen LogP contribution in [0.25, 0.3) is 10.9 Å². The number of rotatable bonds is 2. The van der Waals surface area contributed by atoms with Gasteiger partial charge >= 0.3 is 5.97 Å². The lowest BCUT2D eigenvalue weighted by Gasteiger charge is -2.06. The Labute approximate surface area is 97.5 Å². The summed E-state index contributed by atoms with van der Waals surface area (Å²) in [4.78, 5) is 11.5. The zero-order valence-corrected chi connectivity index (χ0v) is 9.78. The van der Waals surface area contributed by atoms with Crippen molar-refractivity contribution < 1.29 is 18.7 Å². The number of carbonyl (C=O) groups is 1. The van der Waals surface area contributed by atoms with E-state index >= 15 is 0 Å². The first kappa shape index (κ1) is 11.4. The molecule has 2 rings (SSSR count). The second-order valence-electron chi connectivity index (χ2n) is 3.59. The Hall–Kier alpha value is -2.04. The van der Waals surface area contributed by atoms with Crippen LogP contribution in [0.3, 0.4) is 0 Å². The van der Waals surface area contributed by atoms with Gasteiger partial charge in [0.2, 0.25) is 0 Å². The highest BCUT2D eigenvalue weighted by Crippen LogP contribution is 2.30. The largest absolute Gasteiger partial charge is 0.495 e. The van der Waals surface area contributed by atoms with Gasteiger partial charge in [0.25, 0.3) is 0 Å². The summed E-state index contributed by atoms with van der Waals surface area (Å²) in [6.07, 6.45) is 0. The molecule has 0 amide bonds. The third-order valence-corrected chi connectivity index (χ3v) is 2.72. The van der Waals surface area contributed by atoms with Crippen LogP contribution < -0.4 is 4.74 Å². The lowest BCUT2D eigenvalue weighted by molar-refractivity contribution is 0.0590. The van der Waals surface area contributed by atoms with E-state index in [0.29, 0.717) is 16.7 Å². The number of hydrogen-bond acceptors (Lipinski definition) is 3. The van der Waals surface area contributed by atoms with Crippen molar-refractivity contribution in [3.63, 3.8) is 0 Å². The summed E-state index contributed by atoms with van der Waals surface area (Å²) in [5, 5.41) is 0.340. The fraction of sp³-hybridized carbons (Fsp3) is 0.250. The first-order valence-corrected chi connectivity index (χ1v) is 5.00. The van der Waals surface area contributed by atoms with Gasteiger partial charge in [-0.15, -0.1) is 0 Å². The molecule has 0 radical (unpaired) electrons. The van der Waals surface area contributed by atoms with Gasteiger partial charge in [-0.3, -0.25) is 0 Å². The van der Waals surface area contributed by atoms with Gasteiger partial charge in [0, 0.05) is 12.4 Å². The summed E-state index contributed by atoms with van der Waals surface area (Å²) in [6.45, 7) is 0. The van der Waals surface area contributed by atoms with E-state index in [1.54, 1.807) is 11.6 Å². The van der Waals surface area contributed by atoms with Gasteiger partial charge in [-0.2, -0.15) is 0 Å². The van der Waals surface area contributed by atoms with Crippen LogP contribution in [0.1, 0.15) is 10.5 Å². The maximum absolute atomic E-state index is 13.6. The highest BCUT2D eigenvalue weighted by Gasteiger charge is 2.18. The third kappa shape index (κ3) is 1.63. The van der Waals surface area contributed by atoms with Crippen LogP contribution in [0.15, 0.2) is 18.2 Å². The molecule has 90 valence electrons. The Morgan fingerprint density at radius 1 is 1.35 bits per heavy atom. The number of fused-ring (bicyclic) bond motifs is 1. The number of aryl methyl sites for hydroxylation is 1. The number of ether oxygens (including phenoxy) is 2. The number of methoxy groups -OCH3 is 2. The summed E-state index contributed by atoms with van der Waals surface area (Å²) in [5.41, 5.74) is 0.818. The van der Waals surface area contributed by atoms with E-state index in [1.165, 1.54) is 32.4 Å². The first-order chi connectivity index (χ1) is 8.10. The van der Waals surface area contributed by atoms with E-state index in [9.17, 15) is 9.18 Å². The third-order valence-electron chi connectivity index (χ3n) is 2.72. The molecule has 4 nitrogen and oxygen atoms in total. The maximum atomic E-state index is 13.6. The van der Waals surface area contributed by atoms with Gasteiger partial charge in [-0.05, 0) is 18.2 Å². The van der Waals surface area contributed by atoms with Crippen LogP contribution in [-0.2, 0) is 11.8 Å². The lowest BCUT2D eigenvalue weighted by Crippen LogP contribution is -2.07. The van der Waals surface area contributed by atoms with E-state index in [-0.39, 0.29) is 5.69 Å². The van der Waals surface area contributed by atoms with E-state index < -0.39 is 11.8 Å². The van der Waals surface area contributed by atoms with Gasteiger partial charge in [0.05, 0.1) is 19.7 Å². The molecular formula is C12H12FNO3. The van der Waals surface area contributed by atoms with Crippen molar-refractivity contribution in [2.75, 3.05) is 14.2 Å². The highest BCUT2D eigenvalue weighted by atomic mass is 19.1. The van der Waals surface area contributed by atoms with Crippen molar-refractivity contribution in [3.8, 4) is 5.75 Å². The van der Waals surface area contributed by atoms with E-state index in [1.807, 2.05) is 0 Å². The van der Waals surface area contributed by atoms with Crippen molar-refractivity contribution in [3.05, 3.63) is 29.7 Å². The van der Waals surface area contributed by atoms with E-state index in [0.717, 1.165) is 0 Å². The number of halogens is 1. The molecule has 5 heteroatoms. The van der Waals surface area contributed by atoms with Gasteiger partial charge < -0.3 is 14.0 Å². The van der Waals surface area contributed by atoms with Crippen LogP contribution >= 0.6 is 0 Å². The molecule has 0 spiro atoms. The normalized spacial score (nSPS) is 10.6. The van der Waals surface area contributed by atoms with E-state index in [4.69, 9.17) is 4.74 Å². The Kier molecular flexibility index (Phi) is 2.75. The molecule has 17 heavy (non-hydrogen) atoms. The minimum atomic E-state index is -0.509. The fourth-order valence-electron chi connectivity index (χ4n) is 1.87. The van der Waals surface area contributed by atoms with Crippen molar-refractivity contribution in [1.82, 2.24) is 4.57 Å². The molecule has 1 aromatic heterocycles. The smallest absolute Gasteiger partial charge is 0.354 e. The number of esters is 1. The number of nitrogens with zero attached hydrogens (tertiary/aromatic N) is 1. The number of carbonyl (C=O) groups excluding carboxylic acids is 1. The molecular weight excluding hydrogens is 225 g/mol. The average Bonchev–Trinajstić information content (AvgIpc) is 2.69. The van der Waals surface area contributed by atoms with Gasteiger partial charge in [0.1, 0.15) is 17.3 Å². The number of benzene rings is 1. The maximum Gasteiger partial charge on any atom is 0.354 e. The van der Waals surface area contributed by atoms with Gasteiger partial charge in [-0.25, -0.2) is 9.18 Å². The van der Waals surface area contributed by atoms with Crippen LogP contribution in [0.5, 0.6) is 5.75 Å².